The largest absolute Gasteiger partial charge is 0.497 e. The summed E-state index contributed by atoms with van der Waals surface area (Å²) in [5.41, 5.74) is -2.13. The van der Waals surface area contributed by atoms with Crippen molar-refractivity contribution >= 4 is 17.6 Å². The van der Waals surface area contributed by atoms with Gasteiger partial charge in [0.2, 0.25) is 5.95 Å². The van der Waals surface area contributed by atoms with Crippen molar-refractivity contribution in [3.05, 3.63) is 41.7 Å². The van der Waals surface area contributed by atoms with Crippen LogP contribution in [0.15, 0.2) is 30.5 Å². The van der Waals surface area contributed by atoms with E-state index in [9.17, 15) is 18.0 Å². The van der Waals surface area contributed by atoms with Gasteiger partial charge in [0.15, 0.2) is 5.69 Å². The van der Waals surface area contributed by atoms with Crippen molar-refractivity contribution in [2.45, 2.75) is 6.18 Å². The molecule has 0 amide bonds. The number of aromatic carboxylic acids is 1. The van der Waals surface area contributed by atoms with Crippen LogP contribution in [0, 0.1) is 0 Å². The molecule has 0 aliphatic heterocycles. The first-order valence-electron chi connectivity index (χ1n) is 5.90. The molecular weight excluding hydrogens is 303 g/mol. The third-order valence-electron chi connectivity index (χ3n) is 2.61. The second-order valence-electron chi connectivity index (χ2n) is 4.12. The number of carbonyl (C=O) groups is 1. The Bertz CT molecular complexity index is 704. The molecular formula is C13H10F3N3O3. The quantitative estimate of drug-likeness (QED) is 0.903. The average molecular weight is 313 g/mol. The molecule has 0 bridgehead atoms. The molecule has 0 unspecified atom stereocenters. The van der Waals surface area contributed by atoms with E-state index in [2.05, 4.69) is 15.3 Å². The molecule has 0 spiro atoms. The van der Waals surface area contributed by atoms with Crippen molar-refractivity contribution in [2.24, 2.45) is 0 Å². The van der Waals surface area contributed by atoms with Crippen molar-refractivity contribution in [3.63, 3.8) is 0 Å². The van der Waals surface area contributed by atoms with E-state index >= 15 is 0 Å². The van der Waals surface area contributed by atoms with Gasteiger partial charge in [0, 0.05) is 18.0 Å². The third-order valence-corrected chi connectivity index (χ3v) is 2.61. The van der Waals surface area contributed by atoms with Crippen LogP contribution in [0.3, 0.4) is 0 Å². The van der Waals surface area contributed by atoms with Crippen molar-refractivity contribution in [2.75, 3.05) is 12.4 Å². The van der Waals surface area contributed by atoms with Gasteiger partial charge in [-0.15, -0.1) is 0 Å². The number of methoxy groups -OCH3 is 1. The number of carboxylic acid groups (broad SMARTS) is 1. The number of nitrogens with one attached hydrogen (secondary N) is 1. The van der Waals surface area contributed by atoms with Crippen LogP contribution in [-0.2, 0) is 6.18 Å². The number of anilines is 2. The van der Waals surface area contributed by atoms with Crippen LogP contribution in [-0.4, -0.2) is 28.2 Å². The van der Waals surface area contributed by atoms with Gasteiger partial charge in [0.25, 0.3) is 0 Å². The molecule has 2 rings (SSSR count). The summed E-state index contributed by atoms with van der Waals surface area (Å²) in [6.45, 7) is 0. The summed E-state index contributed by atoms with van der Waals surface area (Å²) in [5.74, 6) is -1.63. The highest BCUT2D eigenvalue weighted by atomic mass is 19.4. The number of ether oxygens (including phenoxy) is 1. The number of halogens is 3. The lowest BCUT2D eigenvalue weighted by Crippen LogP contribution is -2.17. The summed E-state index contributed by atoms with van der Waals surface area (Å²) in [4.78, 5) is 17.6. The van der Waals surface area contributed by atoms with Crippen LogP contribution in [0.1, 0.15) is 16.1 Å². The Hall–Kier alpha value is -2.84. The van der Waals surface area contributed by atoms with Gasteiger partial charge in [-0.3, -0.25) is 0 Å². The van der Waals surface area contributed by atoms with Crippen LogP contribution < -0.4 is 10.1 Å². The highest BCUT2D eigenvalue weighted by molar-refractivity contribution is 5.88. The molecule has 2 aromatic rings. The number of nitrogens with zero attached hydrogens (tertiary/aromatic N) is 2. The second kappa shape index (κ2) is 5.88. The van der Waals surface area contributed by atoms with E-state index in [1.807, 2.05) is 0 Å². The summed E-state index contributed by atoms with van der Waals surface area (Å²) >= 11 is 0. The monoisotopic (exact) mass is 313 g/mol. The Morgan fingerprint density at radius 1 is 1.36 bits per heavy atom. The van der Waals surface area contributed by atoms with Crippen LogP contribution in [0.25, 0.3) is 0 Å². The Kier molecular flexibility index (Phi) is 4.15. The first-order valence-corrected chi connectivity index (χ1v) is 5.90. The van der Waals surface area contributed by atoms with Gasteiger partial charge in [-0.05, 0) is 12.1 Å². The molecule has 0 aliphatic carbocycles. The van der Waals surface area contributed by atoms with Gasteiger partial charge < -0.3 is 15.2 Å². The molecule has 0 radical (unpaired) electrons. The predicted molar refractivity (Wildman–Crippen MR) is 70.3 cm³/mol. The molecule has 0 saturated carbocycles. The zero-order valence-electron chi connectivity index (χ0n) is 11.2. The lowest BCUT2D eigenvalue weighted by molar-refractivity contribution is -0.141. The minimum absolute atomic E-state index is 0.370. The molecule has 1 aromatic heterocycles. The first kappa shape index (κ1) is 15.5. The standard InChI is InChI=1S/C13H10F3N3O3/c1-22-8-4-2-3-7(5-8)18-12-17-6-9(11(20)21)10(19-12)13(14,15)16/h2-6H,1H3,(H,20,21)(H,17,18,19). The van der Waals surface area contributed by atoms with Crippen LogP contribution in [0.2, 0.25) is 0 Å². The van der Waals surface area contributed by atoms with Crippen LogP contribution in [0.4, 0.5) is 24.8 Å². The van der Waals surface area contributed by atoms with E-state index < -0.39 is 23.4 Å². The zero-order valence-corrected chi connectivity index (χ0v) is 11.2. The van der Waals surface area contributed by atoms with E-state index in [0.717, 1.165) is 0 Å². The third kappa shape index (κ3) is 3.43. The molecule has 6 nitrogen and oxygen atoms in total. The Balaban J connectivity index is 2.38. The van der Waals surface area contributed by atoms with Crippen molar-refractivity contribution in [3.8, 4) is 5.75 Å². The Morgan fingerprint density at radius 3 is 2.68 bits per heavy atom. The summed E-state index contributed by atoms with van der Waals surface area (Å²) in [7, 11) is 1.44. The molecule has 1 heterocycles. The highest BCUT2D eigenvalue weighted by Gasteiger charge is 2.38. The van der Waals surface area contributed by atoms with Gasteiger partial charge in [0.05, 0.1) is 7.11 Å². The van der Waals surface area contributed by atoms with Crippen molar-refractivity contribution in [1.82, 2.24) is 9.97 Å². The molecule has 22 heavy (non-hydrogen) atoms. The minimum Gasteiger partial charge on any atom is -0.497 e. The maximum Gasteiger partial charge on any atom is 0.434 e. The normalized spacial score (nSPS) is 11.1. The van der Waals surface area contributed by atoms with E-state index in [4.69, 9.17) is 9.84 Å². The number of rotatable bonds is 4. The summed E-state index contributed by atoms with van der Waals surface area (Å²) in [6, 6.07) is 6.38. The van der Waals surface area contributed by atoms with Gasteiger partial charge in [-0.25, -0.2) is 14.8 Å². The smallest absolute Gasteiger partial charge is 0.434 e. The van der Waals surface area contributed by atoms with E-state index in [0.29, 0.717) is 17.6 Å². The van der Waals surface area contributed by atoms with E-state index in [1.165, 1.54) is 13.2 Å². The second-order valence-corrected chi connectivity index (χ2v) is 4.12. The van der Waals surface area contributed by atoms with Crippen LogP contribution in [0.5, 0.6) is 5.75 Å². The number of aromatic nitrogens is 2. The molecule has 9 heteroatoms. The number of alkyl halides is 3. The zero-order chi connectivity index (χ0) is 16.3. The molecule has 0 fully saturated rings. The topological polar surface area (TPSA) is 84.3 Å². The SMILES string of the molecule is COc1cccc(Nc2ncc(C(=O)O)c(C(F)(F)F)n2)c1. The molecule has 0 saturated heterocycles. The fourth-order valence-electron chi connectivity index (χ4n) is 1.64. The number of carboxylic acids is 1. The average Bonchev–Trinajstić information content (AvgIpc) is 2.46. The lowest BCUT2D eigenvalue weighted by atomic mass is 10.2. The van der Waals surface area contributed by atoms with Gasteiger partial charge >= 0.3 is 12.1 Å². The number of hydrogen-bond acceptors (Lipinski definition) is 5. The van der Waals surface area contributed by atoms with Gasteiger partial charge in [-0.1, -0.05) is 6.07 Å². The summed E-state index contributed by atoms with van der Waals surface area (Å²) < 4.78 is 43.5. The summed E-state index contributed by atoms with van der Waals surface area (Å²) in [5, 5.41) is 11.3. The van der Waals surface area contributed by atoms with Gasteiger partial charge in [-0.2, -0.15) is 13.2 Å². The minimum atomic E-state index is -4.90. The number of hydrogen-bond donors (Lipinski definition) is 2. The maximum absolute atomic E-state index is 12.8. The fraction of sp³-hybridized carbons (Fsp3) is 0.154. The summed E-state index contributed by atoms with van der Waals surface area (Å²) in [6.07, 6.45) is -4.29. The Labute approximate surface area is 122 Å². The molecule has 1 aromatic carbocycles. The highest BCUT2D eigenvalue weighted by Crippen LogP contribution is 2.31. The number of benzene rings is 1. The predicted octanol–water partition coefficient (Wildman–Crippen LogP) is 2.95. The fourth-order valence-corrected chi connectivity index (χ4v) is 1.64. The lowest BCUT2D eigenvalue weighted by Gasteiger charge is -2.11. The van der Waals surface area contributed by atoms with E-state index in [1.54, 1.807) is 18.2 Å². The van der Waals surface area contributed by atoms with Gasteiger partial charge in [0.1, 0.15) is 11.3 Å². The maximum atomic E-state index is 12.8. The van der Waals surface area contributed by atoms with Crippen LogP contribution >= 0.6 is 0 Å². The van der Waals surface area contributed by atoms with Crippen molar-refractivity contribution in [1.29, 1.82) is 0 Å². The molecule has 0 atom stereocenters. The molecule has 116 valence electrons. The van der Waals surface area contributed by atoms with Crippen molar-refractivity contribution < 1.29 is 27.8 Å². The van der Waals surface area contributed by atoms with E-state index in [-0.39, 0.29) is 5.95 Å². The molecule has 0 aliphatic rings. The first-order chi connectivity index (χ1) is 10.3. The Morgan fingerprint density at radius 2 is 2.09 bits per heavy atom. The molecule has 2 N–H and O–H groups in total.